The summed E-state index contributed by atoms with van der Waals surface area (Å²) < 4.78 is 11.6. The molecule has 1 aromatic carbocycles. The largest absolute Gasteiger partial charge is 0.493 e. The van der Waals surface area contributed by atoms with Crippen molar-refractivity contribution in [3.05, 3.63) is 28.4 Å². The van der Waals surface area contributed by atoms with Gasteiger partial charge in [0.1, 0.15) is 5.82 Å². The van der Waals surface area contributed by atoms with Crippen LogP contribution in [-0.2, 0) is 0 Å². The molecule has 0 aliphatic carbocycles. The van der Waals surface area contributed by atoms with Crippen molar-refractivity contribution in [1.82, 2.24) is 9.97 Å². The number of anilines is 1. The Morgan fingerprint density at radius 3 is 2.50 bits per heavy atom. The summed E-state index contributed by atoms with van der Waals surface area (Å²) in [6, 6.07) is 5.63. The molecule has 0 bridgehead atoms. The van der Waals surface area contributed by atoms with Gasteiger partial charge in [-0.3, -0.25) is 0 Å². The fourth-order valence-electron chi connectivity index (χ4n) is 1.91. The predicted molar refractivity (Wildman–Crippen MR) is 82.6 cm³/mol. The number of aryl methyl sites for hydroxylation is 1. The number of nitrogens with zero attached hydrogens (tertiary/aromatic N) is 2. The van der Waals surface area contributed by atoms with Crippen LogP contribution >= 0.6 is 15.9 Å². The number of methoxy groups -OCH3 is 2. The zero-order valence-corrected chi connectivity index (χ0v) is 13.4. The summed E-state index contributed by atoms with van der Waals surface area (Å²) in [5.74, 6) is 2.60. The number of para-hydroxylation sites is 1. The van der Waals surface area contributed by atoms with E-state index in [9.17, 15) is 0 Å². The van der Waals surface area contributed by atoms with Crippen LogP contribution in [0.5, 0.6) is 11.5 Å². The van der Waals surface area contributed by atoms with E-state index in [4.69, 9.17) is 9.47 Å². The third kappa shape index (κ3) is 2.56. The van der Waals surface area contributed by atoms with Gasteiger partial charge < -0.3 is 14.8 Å². The minimum Gasteiger partial charge on any atom is -0.493 e. The van der Waals surface area contributed by atoms with Gasteiger partial charge in [0.15, 0.2) is 17.3 Å². The number of ether oxygens (including phenoxy) is 2. The first-order valence-electron chi connectivity index (χ1n) is 6.05. The van der Waals surface area contributed by atoms with Crippen molar-refractivity contribution in [2.45, 2.75) is 6.92 Å². The summed E-state index contributed by atoms with van der Waals surface area (Å²) in [4.78, 5) is 9.00. The molecule has 0 atom stereocenters. The molecule has 0 saturated carbocycles. The van der Waals surface area contributed by atoms with Gasteiger partial charge in [0.05, 0.1) is 29.9 Å². The molecule has 106 valence electrons. The van der Waals surface area contributed by atoms with Crippen LogP contribution in [0.4, 0.5) is 5.82 Å². The van der Waals surface area contributed by atoms with Crippen LogP contribution in [0, 0.1) is 6.92 Å². The molecule has 0 saturated heterocycles. The normalized spacial score (nSPS) is 10.2. The molecule has 20 heavy (non-hydrogen) atoms. The summed E-state index contributed by atoms with van der Waals surface area (Å²) in [6.07, 6.45) is 0. The molecule has 0 spiro atoms. The van der Waals surface area contributed by atoms with Gasteiger partial charge >= 0.3 is 0 Å². The molecular weight excluding hydrogens is 322 g/mol. The van der Waals surface area contributed by atoms with Gasteiger partial charge in [-0.2, -0.15) is 0 Å². The lowest BCUT2D eigenvalue weighted by Gasteiger charge is -2.13. The average molecular weight is 338 g/mol. The second kappa shape index (κ2) is 6.09. The molecule has 0 fully saturated rings. The van der Waals surface area contributed by atoms with Gasteiger partial charge in [0.25, 0.3) is 0 Å². The maximum Gasteiger partial charge on any atom is 0.171 e. The lowest BCUT2D eigenvalue weighted by Crippen LogP contribution is -2.02. The molecular formula is C14H16BrN3O2. The second-order valence-corrected chi connectivity index (χ2v) is 4.88. The van der Waals surface area contributed by atoms with Crippen molar-refractivity contribution in [2.24, 2.45) is 0 Å². The Balaban J connectivity index is 2.65. The van der Waals surface area contributed by atoms with Crippen molar-refractivity contribution < 1.29 is 9.47 Å². The molecule has 1 aromatic heterocycles. The Hall–Kier alpha value is -1.82. The average Bonchev–Trinajstić information content (AvgIpc) is 2.48. The molecule has 1 heterocycles. The molecule has 0 amide bonds. The van der Waals surface area contributed by atoms with Crippen LogP contribution in [0.15, 0.2) is 22.7 Å². The Morgan fingerprint density at radius 2 is 1.90 bits per heavy atom. The van der Waals surface area contributed by atoms with Gasteiger partial charge in [-0.1, -0.05) is 6.07 Å². The zero-order valence-electron chi connectivity index (χ0n) is 11.8. The number of nitrogens with one attached hydrogen (secondary N) is 1. The van der Waals surface area contributed by atoms with E-state index in [1.165, 1.54) is 0 Å². The smallest absolute Gasteiger partial charge is 0.171 e. The van der Waals surface area contributed by atoms with Gasteiger partial charge in [0, 0.05) is 7.05 Å². The molecule has 0 aliphatic rings. The van der Waals surface area contributed by atoms with E-state index in [0.29, 0.717) is 17.3 Å². The summed E-state index contributed by atoms with van der Waals surface area (Å²) in [6.45, 7) is 1.92. The fourth-order valence-corrected chi connectivity index (χ4v) is 2.28. The van der Waals surface area contributed by atoms with E-state index in [1.807, 2.05) is 32.2 Å². The molecule has 0 aliphatic heterocycles. The second-order valence-electron chi connectivity index (χ2n) is 4.09. The van der Waals surface area contributed by atoms with Crippen LogP contribution in [-0.4, -0.2) is 31.2 Å². The van der Waals surface area contributed by atoms with Crippen LogP contribution in [0.3, 0.4) is 0 Å². The predicted octanol–water partition coefficient (Wildman–Crippen LogP) is 3.27. The number of aromatic nitrogens is 2. The van der Waals surface area contributed by atoms with E-state index in [-0.39, 0.29) is 0 Å². The Morgan fingerprint density at radius 1 is 1.15 bits per heavy atom. The maximum atomic E-state index is 5.43. The van der Waals surface area contributed by atoms with Crippen molar-refractivity contribution in [1.29, 1.82) is 0 Å². The van der Waals surface area contributed by atoms with E-state index in [2.05, 4.69) is 31.2 Å². The summed E-state index contributed by atoms with van der Waals surface area (Å²) in [5, 5.41) is 3.04. The van der Waals surface area contributed by atoms with Gasteiger partial charge in [-0.05, 0) is 35.0 Å². The number of hydrogen-bond acceptors (Lipinski definition) is 5. The number of rotatable bonds is 4. The van der Waals surface area contributed by atoms with E-state index >= 15 is 0 Å². The minimum absolute atomic E-state index is 0.589. The molecule has 6 heteroatoms. The van der Waals surface area contributed by atoms with E-state index < -0.39 is 0 Å². The van der Waals surface area contributed by atoms with Crippen LogP contribution in [0.2, 0.25) is 0 Å². The minimum atomic E-state index is 0.589. The number of halogens is 1. The molecule has 2 aromatic rings. The van der Waals surface area contributed by atoms with Crippen LogP contribution in [0.1, 0.15) is 5.69 Å². The third-order valence-corrected chi connectivity index (χ3v) is 3.85. The molecule has 0 radical (unpaired) electrons. The van der Waals surface area contributed by atoms with Gasteiger partial charge in [0.2, 0.25) is 0 Å². The summed E-state index contributed by atoms with van der Waals surface area (Å²) in [7, 11) is 5.03. The number of benzene rings is 1. The van der Waals surface area contributed by atoms with Crippen molar-refractivity contribution in [2.75, 3.05) is 26.6 Å². The lowest BCUT2D eigenvalue weighted by atomic mass is 10.1. The zero-order chi connectivity index (χ0) is 14.7. The SMILES string of the molecule is CNc1nc(-c2cccc(OC)c2OC)nc(C)c1Br. The highest BCUT2D eigenvalue weighted by Gasteiger charge is 2.16. The highest BCUT2D eigenvalue weighted by atomic mass is 79.9. The summed E-state index contributed by atoms with van der Waals surface area (Å²) in [5.41, 5.74) is 1.64. The topological polar surface area (TPSA) is 56.3 Å². The van der Waals surface area contributed by atoms with Gasteiger partial charge in [-0.15, -0.1) is 0 Å². The van der Waals surface area contributed by atoms with Gasteiger partial charge in [-0.25, -0.2) is 9.97 Å². The third-order valence-electron chi connectivity index (χ3n) is 2.90. The van der Waals surface area contributed by atoms with Crippen LogP contribution in [0.25, 0.3) is 11.4 Å². The Labute approximate surface area is 126 Å². The maximum absolute atomic E-state index is 5.43. The standard InChI is InChI=1S/C14H16BrN3O2/c1-8-11(15)14(16-2)18-13(17-8)9-6-5-7-10(19-3)12(9)20-4/h5-7H,1-4H3,(H,16,17,18). The molecule has 1 N–H and O–H groups in total. The molecule has 2 rings (SSSR count). The van der Waals surface area contributed by atoms with Crippen molar-refractivity contribution >= 4 is 21.7 Å². The fraction of sp³-hybridized carbons (Fsp3) is 0.286. The lowest BCUT2D eigenvalue weighted by molar-refractivity contribution is 0.356. The number of hydrogen-bond donors (Lipinski definition) is 1. The summed E-state index contributed by atoms with van der Waals surface area (Å²) >= 11 is 3.47. The Kier molecular flexibility index (Phi) is 4.44. The highest BCUT2D eigenvalue weighted by molar-refractivity contribution is 9.10. The first-order valence-corrected chi connectivity index (χ1v) is 6.85. The highest BCUT2D eigenvalue weighted by Crippen LogP contribution is 2.37. The molecule has 5 nitrogen and oxygen atoms in total. The molecule has 0 unspecified atom stereocenters. The van der Waals surface area contributed by atoms with Crippen molar-refractivity contribution in [3.8, 4) is 22.9 Å². The first-order chi connectivity index (χ1) is 9.62. The first kappa shape index (κ1) is 14.6. The Bertz CT molecular complexity index is 632. The van der Waals surface area contributed by atoms with E-state index in [0.717, 1.165) is 21.5 Å². The monoisotopic (exact) mass is 337 g/mol. The van der Waals surface area contributed by atoms with Crippen LogP contribution < -0.4 is 14.8 Å². The van der Waals surface area contributed by atoms with E-state index in [1.54, 1.807) is 14.2 Å². The quantitative estimate of drug-likeness (QED) is 0.927. The van der Waals surface area contributed by atoms with Crippen molar-refractivity contribution in [3.63, 3.8) is 0 Å².